The summed E-state index contributed by atoms with van der Waals surface area (Å²) >= 11 is 1.36. The normalized spacial score (nSPS) is 11.5. The van der Waals surface area contributed by atoms with Gasteiger partial charge in [-0.05, 0) is 32.9 Å². The Morgan fingerprint density at radius 2 is 1.97 bits per heavy atom. The molecular formula is C26H28FN5O6S. The number of aromatic nitrogens is 3. The molecule has 0 unspecified atom stereocenters. The largest absolute Gasteiger partial charge is 0.453 e. The molecule has 39 heavy (non-hydrogen) atoms. The summed E-state index contributed by atoms with van der Waals surface area (Å²) in [4.78, 5) is 34.3. The molecule has 0 aliphatic heterocycles. The number of halogens is 1. The van der Waals surface area contributed by atoms with Crippen molar-refractivity contribution in [2.45, 2.75) is 32.9 Å². The first-order valence-corrected chi connectivity index (χ1v) is 12.8. The molecular weight excluding hydrogens is 529 g/mol. The van der Waals surface area contributed by atoms with Gasteiger partial charge in [0.1, 0.15) is 17.2 Å². The fourth-order valence-corrected chi connectivity index (χ4v) is 4.79. The van der Waals surface area contributed by atoms with Crippen LogP contribution in [-0.4, -0.2) is 56.3 Å². The number of rotatable bonds is 9. The number of carbonyl (C=O) groups excluding carboxylic acids is 1. The second-order valence-corrected chi connectivity index (χ2v) is 10.7. The lowest BCUT2D eigenvalue weighted by Crippen LogP contribution is -2.38. The van der Waals surface area contributed by atoms with Gasteiger partial charge in [-0.1, -0.05) is 0 Å². The van der Waals surface area contributed by atoms with E-state index in [-0.39, 0.29) is 18.0 Å². The van der Waals surface area contributed by atoms with E-state index in [2.05, 4.69) is 9.97 Å². The number of carbonyl (C=O) groups is 1. The Kier molecular flexibility index (Phi) is 8.11. The van der Waals surface area contributed by atoms with Crippen LogP contribution in [0.3, 0.4) is 0 Å². The van der Waals surface area contributed by atoms with Crippen LogP contribution in [0.4, 0.5) is 14.9 Å². The number of nitro benzene ring substituents is 1. The minimum Gasteiger partial charge on any atom is -0.453 e. The number of methoxy groups -OCH3 is 1. The number of benzene rings is 1. The molecule has 3 aromatic heterocycles. The molecule has 0 fully saturated rings. The highest BCUT2D eigenvalue weighted by molar-refractivity contribution is 7.22. The minimum atomic E-state index is -0.845. The molecule has 0 aliphatic rings. The zero-order valence-electron chi connectivity index (χ0n) is 22.1. The van der Waals surface area contributed by atoms with Gasteiger partial charge in [0, 0.05) is 39.0 Å². The third-order valence-electron chi connectivity index (χ3n) is 5.60. The Morgan fingerprint density at radius 1 is 1.21 bits per heavy atom. The number of thiophene rings is 1. The molecule has 0 spiro atoms. The molecule has 206 valence electrons. The highest BCUT2D eigenvalue weighted by Crippen LogP contribution is 2.39. The van der Waals surface area contributed by atoms with Gasteiger partial charge in [0.2, 0.25) is 0 Å². The van der Waals surface area contributed by atoms with Gasteiger partial charge in [0.25, 0.3) is 5.69 Å². The molecule has 0 atom stereocenters. The number of hydrogen-bond donors (Lipinski definition) is 0. The Morgan fingerprint density at radius 3 is 2.64 bits per heavy atom. The van der Waals surface area contributed by atoms with Gasteiger partial charge >= 0.3 is 6.09 Å². The molecule has 4 rings (SSSR count). The van der Waals surface area contributed by atoms with Crippen molar-refractivity contribution in [3.8, 4) is 22.2 Å². The van der Waals surface area contributed by atoms with Crippen LogP contribution in [0.1, 0.15) is 26.5 Å². The number of non-ortho nitro benzene ring substituents is 1. The number of hydrogen-bond acceptors (Lipinski definition) is 9. The van der Waals surface area contributed by atoms with E-state index < -0.39 is 22.4 Å². The zero-order valence-corrected chi connectivity index (χ0v) is 23.0. The Balaban J connectivity index is 1.60. The first-order valence-electron chi connectivity index (χ1n) is 11.9. The number of nitro groups is 1. The van der Waals surface area contributed by atoms with Crippen molar-refractivity contribution in [1.29, 1.82) is 0 Å². The average Bonchev–Trinajstić information content (AvgIpc) is 3.45. The first-order chi connectivity index (χ1) is 18.5. The molecule has 0 saturated heterocycles. The van der Waals surface area contributed by atoms with Crippen LogP contribution < -0.4 is 4.74 Å². The third kappa shape index (κ3) is 6.49. The maximum atomic E-state index is 14.5. The van der Waals surface area contributed by atoms with Crippen molar-refractivity contribution in [2.24, 2.45) is 7.05 Å². The van der Waals surface area contributed by atoms with Crippen molar-refractivity contribution in [3.05, 3.63) is 64.4 Å². The van der Waals surface area contributed by atoms with Crippen LogP contribution in [0.2, 0.25) is 0 Å². The van der Waals surface area contributed by atoms with Crippen LogP contribution in [0.5, 0.6) is 11.5 Å². The number of imidazole rings is 1. The molecule has 13 heteroatoms. The topological polar surface area (TPSA) is 122 Å². The Labute approximate surface area is 227 Å². The number of pyridine rings is 1. The molecule has 1 aromatic carbocycles. The molecule has 0 saturated carbocycles. The maximum absolute atomic E-state index is 14.5. The summed E-state index contributed by atoms with van der Waals surface area (Å²) in [5.41, 5.74) is 0.397. The number of amides is 1. The predicted octanol–water partition coefficient (Wildman–Crippen LogP) is 5.92. The molecule has 1 amide bonds. The average molecular weight is 558 g/mol. The lowest BCUT2D eigenvalue weighted by molar-refractivity contribution is -0.385. The van der Waals surface area contributed by atoms with Crippen LogP contribution in [0.25, 0.3) is 20.9 Å². The van der Waals surface area contributed by atoms with Gasteiger partial charge in [-0.15, -0.1) is 11.3 Å². The predicted molar refractivity (Wildman–Crippen MR) is 143 cm³/mol. The van der Waals surface area contributed by atoms with E-state index in [9.17, 15) is 19.3 Å². The molecule has 3 heterocycles. The molecule has 0 radical (unpaired) electrons. The number of ether oxygens (including phenoxy) is 3. The van der Waals surface area contributed by atoms with E-state index in [1.165, 1.54) is 29.7 Å². The zero-order chi connectivity index (χ0) is 28.3. The fraction of sp³-hybridized carbons (Fsp3) is 0.346. The molecule has 0 bridgehead atoms. The third-order valence-corrected chi connectivity index (χ3v) is 6.73. The van der Waals surface area contributed by atoms with E-state index in [0.29, 0.717) is 34.9 Å². The standard InChI is InChI=1S/C26H28FN5O6S/c1-26(2,3)38-25(33)31(10-11-36-5)15-17-14-29-24(30(17)4)22-13-19-23(39-22)21(8-9-28-19)37-20-7-6-16(32(34)35)12-18(20)27/h6-9,12-14H,10-11,15H2,1-5H3. The second-order valence-electron chi connectivity index (χ2n) is 9.63. The molecule has 4 aromatic rings. The summed E-state index contributed by atoms with van der Waals surface area (Å²) in [7, 11) is 3.42. The fourth-order valence-electron chi connectivity index (χ4n) is 3.69. The van der Waals surface area contributed by atoms with E-state index >= 15 is 0 Å². The summed E-state index contributed by atoms with van der Waals surface area (Å²) in [6, 6.07) is 6.66. The maximum Gasteiger partial charge on any atom is 0.410 e. The Hall–Kier alpha value is -4.10. The summed E-state index contributed by atoms with van der Waals surface area (Å²) < 4.78 is 33.5. The highest BCUT2D eigenvalue weighted by Gasteiger charge is 2.24. The van der Waals surface area contributed by atoms with Gasteiger partial charge in [-0.2, -0.15) is 0 Å². The van der Waals surface area contributed by atoms with Crippen LogP contribution in [-0.2, 0) is 23.1 Å². The first kappa shape index (κ1) is 27.9. The van der Waals surface area contributed by atoms with E-state index in [1.807, 2.05) is 38.5 Å². The van der Waals surface area contributed by atoms with Crippen molar-refractivity contribution < 1.29 is 28.3 Å². The van der Waals surface area contributed by atoms with Crippen LogP contribution in [0.15, 0.2) is 42.7 Å². The highest BCUT2D eigenvalue weighted by atomic mass is 32.1. The van der Waals surface area contributed by atoms with E-state index in [1.54, 1.807) is 24.3 Å². The van der Waals surface area contributed by atoms with Crippen molar-refractivity contribution in [1.82, 2.24) is 19.4 Å². The van der Waals surface area contributed by atoms with E-state index in [4.69, 9.17) is 14.2 Å². The molecule has 0 aliphatic carbocycles. The lowest BCUT2D eigenvalue weighted by Gasteiger charge is -2.27. The molecule has 11 nitrogen and oxygen atoms in total. The van der Waals surface area contributed by atoms with Crippen LogP contribution in [0, 0.1) is 15.9 Å². The van der Waals surface area contributed by atoms with E-state index in [0.717, 1.165) is 16.6 Å². The lowest BCUT2D eigenvalue weighted by atomic mass is 10.2. The quantitative estimate of drug-likeness (QED) is 0.184. The van der Waals surface area contributed by atoms with Gasteiger partial charge in [-0.25, -0.2) is 14.2 Å². The van der Waals surface area contributed by atoms with Gasteiger partial charge in [0.05, 0.1) is 51.1 Å². The number of nitrogens with zero attached hydrogens (tertiary/aromatic N) is 5. The van der Waals surface area contributed by atoms with Crippen molar-refractivity contribution in [3.63, 3.8) is 0 Å². The van der Waals surface area contributed by atoms with Gasteiger partial charge < -0.3 is 23.7 Å². The van der Waals surface area contributed by atoms with Gasteiger partial charge in [0.15, 0.2) is 11.6 Å². The monoisotopic (exact) mass is 557 g/mol. The van der Waals surface area contributed by atoms with Crippen molar-refractivity contribution in [2.75, 3.05) is 20.3 Å². The minimum absolute atomic E-state index is 0.138. The second kappa shape index (κ2) is 11.3. The van der Waals surface area contributed by atoms with Crippen molar-refractivity contribution >= 4 is 33.3 Å². The number of fused-ring (bicyclic) bond motifs is 1. The van der Waals surface area contributed by atoms with Gasteiger partial charge in [-0.3, -0.25) is 15.1 Å². The smallest absolute Gasteiger partial charge is 0.410 e. The molecule has 0 N–H and O–H groups in total. The summed E-state index contributed by atoms with van der Waals surface area (Å²) in [6.45, 7) is 6.39. The van der Waals surface area contributed by atoms with Crippen LogP contribution >= 0.6 is 11.3 Å². The SMILES string of the molecule is COCCN(Cc1cnc(-c2cc3nccc(Oc4ccc([N+](=O)[O-])cc4F)c3s2)n1C)C(=O)OC(C)(C)C. The summed E-state index contributed by atoms with van der Waals surface area (Å²) in [5.74, 6) is 0.0220. The Bertz CT molecular complexity index is 1510. The summed E-state index contributed by atoms with van der Waals surface area (Å²) in [5, 5.41) is 10.9. The summed E-state index contributed by atoms with van der Waals surface area (Å²) in [6.07, 6.45) is 2.78.